The summed E-state index contributed by atoms with van der Waals surface area (Å²) in [6.07, 6.45) is 0. The van der Waals surface area contributed by atoms with Gasteiger partial charge in [-0.3, -0.25) is 14.7 Å². The van der Waals surface area contributed by atoms with Crippen molar-refractivity contribution in [3.63, 3.8) is 0 Å². The molecule has 21 heavy (non-hydrogen) atoms. The summed E-state index contributed by atoms with van der Waals surface area (Å²) >= 11 is 6.13. The van der Waals surface area contributed by atoms with E-state index in [1.165, 1.54) is 10.6 Å². The molecule has 0 bridgehead atoms. The number of nitrogens with zero attached hydrogens (tertiary/aromatic N) is 5. The molecule has 2 N–H and O–H groups in total. The summed E-state index contributed by atoms with van der Waals surface area (Å²) in [7, 11) is 0. The SMILES string of the molecule is Cc1nc(Cl)c2c(n1)nc(N)n2-c1ccccc1[N+](=O)[O-]. The molecular weight excluding hydrogens is 296 g/mol. The lowest BCUT2D eigenvalue weighted by atomic mass is 10.2. The number of benzene rings is 1. The summed E-state index contributed by atoms with van der Waals surface area (Å²) in [4.78, 5) is 23.0. The van der Waals surface area contributed by atoms with E-state index in [1.807, 2.05) is 0 Å². The predicted octanol–water partition coefficient (Wildman–Crippen LogP) is 2.27. The molecule has 0 unspecified atom stereocenters. The number of aryl methyl sites for hydroxylation is 1. The number of aromatic nitrogens is 4. The van der Waals surface area contributed by atoms with E-state index >= 15 is 0 Å². The number of para-hydroxylation sites is 2. The lowest BCUT2D eigenvalue weighted by molar-refractivity contribution is -0.384. The van der Waals surface area contributed by atoms with Crippen LogP contribution in [0, 0.1) is 17.0 Å². The Morgan fingerprint density at radius 3 is 2.71 bits per heavy atom. The molecule has 9 heteroatoms. The number of hydrogen-bond acceptors (Lipinski definition) is 6. The van der Waals surface area contributed by atoms with Crippen LogP contribution in [-0.2, 0) is 0 Å². The quantitative estimate of drug-likeness (QED) is 0.441. The highest BCUT2D eigenvalue weighted by molar-refractivity contribution is 6.33. The maximum atomic E-state index is 11.2. The maximum Gasteiger partial charge on any atom is 0.293 e. The zero-order valence-corrected chi connectivity index (χ0v) is 11.6. The normalized spacial score (nSPS) is 11.0. The van der Waals surface area contributed by atoms with Gasteiger partial charge >= 0.3 is 0 Å². The highest BCUT2D eigenvalue weighted by atomic mass is 35.5. The molecule has 0 spiro atoms. The van der Waals surface area contributed by atoms with Crippen LogP contribution < -0.4 is 5.73 Å². The summed E-state index contributed by atoms with van der Waals surface area (Å²) in [5.74, 6) is 0.501. The van der Waals surface area contributed by atoms with Crippen molar-refractivity contribution in [2.75, 3.05) is 5.73 Å². The summed E-state index contributed by atoms with van der Waals surface area (Å²) in [6, 6.07) is 6.17. The van der Waals surface area contributed by atoms with Crippen LogP contribution in [0.2, 0.25) is 5.15 Å². The zero-order chi connectivity index (χ0) is 15.1. The molecule has 8 nitrogen and oxygen atoms in total. The Hall–Kier alpha value is -2.74. The van der Waals surface area contributed by atoms with Crippen molar-refractivity contribution in [3.8, 4) is 5.69 Å². The van der Waals surface area contributed by atoms with Gasteiger partial charge in [-0.05, 0) is 13.0 Å². The van der Waals surface area contributed by atoms with Crippen molar-refractivity contribution >= 4 is 34.4 Å². The van der Waals surface area contributed by atoms with Gasteiger partial charge in [0.05, 0.1) is 4.92 Å². The molecule has 0 aliphatic heterocycles. The van der Waals surface area contributed by atoms with Crippen molar-refractivity contribution in [3.05, 3.63) is 45.4 Å². The molecule has 0 amide bonds. The molecule has 0 saturated heterocycles. The van der Waals surface area contributed by atoms with E-state index in [0.29, 0.717) is 17.0 Å². The van der Waals surface area contributed by atoms with Crippen LogP contribution in [0.5, 0.6) is 0 Å². The van der Waals surface area contributed by atoms with E-state index in [1.54, 1.807) is 25.1 Å². The van der Waals surface area contributed by atoms with Gasteiger partial charge in [0.25, 0.3) is 5.69 Å². The summed E-state index contributed by atoms with van der Waals surface area (Å²) in [5.41, 5.74) is 6.66. The standard InChI is InChI=1S/C12H9ClN6O2/c1-6-15-10(13)9-11(16-6)17-12(14)18(9)7-4-2-3-5-8(7)19(20)21/h2-5H,1H3,(H2,14,15,16,17). The minimum absolute atomic E-state index is 0.0566. The van der Waals surface area contributed by atoms with Crippen molar-refractivity contribution in [1.82, 2.24) is 19.5 Å². The number of rotatable bonds is 2. The number of hydrogen-bond donors (Lipinski definition) is 1. The third-order valence-corrected chi connectivity index (χ3v) is 3.19. The smallest absolute Gasteiger partial charge is 0.293 e. The molecule has 2 aromatic heterocycles. The van der Waals surface area contributed by atoms with Crippen LogP contribution in [0.4, 0.5) is 11.6 Å². The summed E-state index contributed by atoms with van der Waals surface area (Å²) in [6.45, 7) is 1.67. The topological polar surface area (TPSA) is 113 Å². The Morgan fingerprint density at radius 1 is 1.29 bits per heavy atom. The van der Waals surface area contributed by atoms with E-state index in [-0.39, 0.29) is 22.5 Å². The first-order chi connectivity index (χ1) is 9.99. The Kier molecular flexibility index (Phi) is 2.95. The molecule has 106 valence electrons. The fourth-order valence-electron chi connectivity index (χ4n) is 2.11. The van der Waals surface area contributed by atoms with Crippen LogP contribution >= 0.6 is 11.6 Å². The number of fused-ring (bicyclic) bond motifs is 1. The monoisotopic (exact) mass is 304 g/mol. The van der Waals surface area contributed by atoms with E-state index < -0.39 is 4.92 Å². The van der Waals surface area contributed by atoms with Gasteiger partial charge in [-0.1, -0.05) is 23.7 Å². The van der Waals surface area contributed by atoms with Gasteiger partial charge in [-0.2, -0.15) is 4.98 Å². The minimum atomic E-state index is -0.496. The second-order valence-electron chi connectivity index (χ2n) is 4.29. The van der Waals surface area contributed by atoms with Crippen LogP contribution in [0.15, 0.2) is 24.3 Å². The third kappa shape index (κ3) is 2.05. The molecule has 2 heterocycles. The fourth-order valence-corrected chi connectivity index (χ4v) is 2.40. The maximum absolute atomic E-state index is 11.2. The zero-order valence-electron chi connectivity index (χ0n) is 10.8. The van der Waals surface area contributed by atoms with Crippen molar-refractivity contribution in [1.29, 1.82) is 0 Å². The predicted molar refractivity (Wildman–Crippen MR) is 77.5 cm³/mol. The summed E-state index contributed by atoms with van der Waals surface area (Å²) in [5, 5.41) is 11.3. The molecule has 0 aliphatic carbocycles. The van der Waals surface area contributed by atoms with Crippen LogP contribution in [0.1, 0.15) is 5.82 Å². The molecule has 1 aromatic carbocycles. The number of nitrogen functional groups attached to an aromatic ring is 1. The average molecular weight is 305 g/mol. The number of nitro benzene ring substituents is 1. The third-order valence-electron chi connectivity index (χ3n) is 2.93. The van der Waals surface area contributed by atoms with Crippen LogP contribution in [-0.4, -0.2) is 24.4 Å². The molecule has 0 aliphatic rings. The second-order valence-corrected chi connectivity index (χ2v) is 4.64. The molecule has 0 fully saturated rings. The first kappa shape index (κ1) is 13.3. The Labute approximate surface area is 123 Å². The number of halogens is 1. The average Bonchev–Trinajstić information content (AvgIpc) is 2.74. The number of anilines is 1. The van der Waals surface area contributed by atoms with Crippen molar-refractivity contribution < 1.29 is 4.92 Å². The molecule has 0 radical (unpaired) electrons. The lowest BCUT2D eigenvalue weighted by Crippen LogP contribution is -2.04. The van der Waals surface area contributed by atoms with Crippen molar-refractivity contribution in [2.45, 2.75) is 6.92 Å². The number of nitro groups is 1. The Bertz CT molecular complexity index is 876. The van der Waals surface area contributed by atoms with Crippen LogP contribution in [0.25, 0.3) is 16.9 Å². The van der Waals surface area contributed by atoms with Gasteiger partial charge in [-0.25, -0.2) is 9.97 Å². The van der Waals surface area contributed by atoms with E-state index in [2.05, 4.69) is 15.0 Å². The van der Waals surface area contributed by atoms with Crippen molar-refractivity contribution in [2.24, 2.45) is 0 Å². The van der Waals surface area contributed by atoms with E-state index in [9.17, 15) is 10.1 Å². The lowest BCUT2D eigenvalue weighted by Gasteiger charge is -2.07. The molecule has 0 saturated carbocycles. The van der Waals surface area contributed by atoms with Gasteiger partial charge in [0.2, 0.25) is 5.95 Å². The molecular formula is C12H9ClN6O2. The van der Waals surface area contributed by atoms with E-state index in [4.69, 9.17) is 17.3 Å². The largest absolute Gasteiger partial charge is 0.369 e. The van der Waals surface area contributed by atoms with Gasteiger partial charge in [0.15, 0.2) is 10.8 Å². The van der Waals surface area contributed by atoms with Gasteiger partial charge in [-0.15, -0.1) is 0 Å². The molecule has 3 aromatic rings. The minimum Gasteiger partial charge on any atom is -0.369 e. The molecule has 0 atom stereocenters. The first-order valence-electron chi connectivity index (χ1n) is 5.91. The highest BCUT2D eigenvalue weighted by Gasteiger charge is 2.22. The summed E-state index contributed by atoms with van der Waals surface area (Å²) < 4.78 is 1.38. The first-order valence-corrected chi connectivity index (χ1v) is 6.28. The molecule has 3 rings (SSSR count). The van der Waals surface area contributed by atoms with Gasteiger partial charge in [0.1, 0.15) is 17.0 Å². The number of imidazole rings is 1. The Morgan fingerprint density at radius 2 is 2.00 bits per heavy atom. The van der Waals surface area contributed by atoms with Gasteiger partial charge in [0, 0.05) is 6.07 Å². The Balaban J connectivity index is 2.41. The fraction of sp³-hybridized carbons (Fsp3) is 0.0833. The second kappa shape index (κ2) is 4.67. The van der Waals surface area contributed by atoms with E-state index in [0.717, 1.165) is 0 Å². The van der Waals surface area contributed by atoms with Crippen LogP contribution in [0.3, 0.4) is 0 Å². The van der Waals surface area contributed by atoms with Gasteiger partial charge < -0.3 is 5.73 Å². The number of nitrogens with two attached hydrogens (primary N) is 1. The highest BCUT2D eigenvalue weighted by Crippen LogP contribution is 2.31.